The fraction of sp³-hybridized carbons (Fsp3) is 0.391. The Balaban J connectivity index is 1.53. The van der Waals surface area contributed by atoms with Crippen molar-refractivity contribution < 1.29 is 18.0 Å². The van der Waals surface area contributed by atoms with E-state index in [1.165, 1.54) is 24.3 Å². The van der Waals surface area contributed by atoms with Crippen molar-refractivity contribution in [2.75, 3.05) is 50.7 Å². The quantitative estimate of drug-likeness (QED) is 0.652. The number of nitrogens with one attached hydrogen (secondary N) is 1. The van der Waals surface area contributed by atoms with Crippen LogP contribution in [0.1, 0.15) is 24.2 Å². The molecule has 2 aromatic carbocycles. The third-order valence-electron chi connectivity index (χ3n) is 5.63. The van der Waals surface area contributed by atoms with E-state index in [1.54, 1.807) is 9.80 Å². The van der Waals surface area contributed by atoms with E-state index in [0.717, 1.165) is 5.69 Å². The summed E-state index contributed by atoms with van der Waals surface area (Å²) >= 11 is 0. The van der Waals surface area contributed by atoms with E-state index in [-0.39, 0.29) is 23.3 Å². The lowest BCUT2D eigenvalue weighted by molar-refractivity contribution is -0.130. The van der Waals surface area contributed by atoms with Gasteiger partial charge in [0.05, 0.1) is 11.4 Å². The van der Waals surface area contributed by atoms with Crippen molar-refractivity contribution in [1.29, 1.82) is 0 Å². The molecule has 3 rings (SSSR count). The van der Waals surface area contributed by atoms with Gasteiger partial charge in [-0.05, 0) is 50.2 Å². The Labute approximate surface area is 189 Å². The van der Waals surface area contributed by atoms with Crippen LogP contribution in [0, 0.1) is 0 Å². The van der Waals surface area contributed by atoms with E-state index in [0.29, 0.717) is 44.8 Å². The highest BCUT2D eigenvalue weighted by molar-refractivity contribution is 7.89. The predicted molar refractivity (Wildman–Crippen MR) is 124 cm³/mol. The summed E-state index contributed by atoms with van der Waals surface area (Å²) < 4.78 is 27.6. The predicted octanol–water partition coefficient (Wildman–Crippen LogP) is 1.80. The fourth-order valence-corrected chi connectivity index (χ4v) is 4.65. The largest absolute Gasteiger partial charge is 0.368 e. The van der Waals surface area contributed by atoms with Gasteiger partial charge in [0.25, 0.3) is 5.91 Å². The summed E-state index contributed by atoms with van der Waals surface area (Å²) in [6, 6.07) is 15.8. The zero-order valence-electron chi connectivity index (χ0n) is 18.5. The van der Waals surface area contributed by atoms with Gasteiger partial charge in [-0.1, -0.05) is 18.2 Å². The number of carbonyl (C=O) groups is 2. The zero-order chi connectivity index (χ0) is 23.1. The van der Waals surface area contributed by atoms with Crippen LogP contribution in [0.3, 0.4) is 0 Å². The minimum absolute atomic E-state index is 0.0234. The lowest BCUT2D eigenvalue weighted by Gasteiger charge is -2.36. The molecule has 0 spiro atoms. The fourth-order valence-electron chi connectivity index (χ4n) is 3.67. The van der Waals surface area contributed by atoms with Crippen LogP contribution < -0.4 is 9.62 Å². The van der Waals surface area contributed by atoms with Crippen molar-refractivity contribution in [2.45, 2.75) is 18.7 Å². The smallest absolute Gasteiger partial charge is 0.253 e. The van der Waals surface area contributed by atoms with Gasteiger partial charge >= 0.3 is 0 Å². The van der Waals surface area contributed by atoms with Crippen molar-refractivity contribution >= 4 is 27.5 Å². The minimum atomic E-state index is -3.85. The molecule has 0 unspecified atom stereocenters. The third kappa shape index (κ3) is 5.66. The maximum absolute atomic E-state index is 12.6. The first-order chi connectivity index (χ1) is 15.4. The molecule has 1 heterocycles. The highest BCUT2D eigenvalue weighted by atomic mass is 32.2. The monoisotopic (exact) mass is 458 g/mol. The molecule has 9 heteroatoms. The Morgan fingerprint density at radius 2 is 1.50 bits per heavy atom. The van der Waals surface area contributed by atoms with Crippen LogP contribution in [0.25, 0.3) is 0 Å². The molecule has 1 fully saturated rings. The molecule has 0 atom stereocenters. The number of piperazine rings is 1. The third-order valence-corrected chi connectivity index (χ3v) is 7.05. The Morgan fingerprint density at radius 1 is 0.906 bits per heavy atom. The van der Waals surface area contributed by atoms with E-state index in [1.807, 2.05) is 44.2 Å². The average molecular weight is 459 g/mol. The van der Waals surface area contributed by atoms with Crippen molar-refractivity contribution in [3.8, 4) is 0 Å². The Kier molecular flexibility index (Phi) is 7.87. The van der Waals surface area contributed by atoms with Crippen molar-refractivity contribution in [2.24, 2.45) is 0 Å². The Morgan fingerprint density at radius 3 is 2.06 bits per heavy atom. The second-order valence-electron chi connectivity index (χ2n) is 7.53. The number of hydrogen-bond donors (Lipinski definition) is 1. The number of hydrogen-bond acceptors (Lipinski definition) is 5. The summed E-state index contributed by atoms with van der Waals surface area (Å²) in [5.41, 5.74) is 1.54. The summed E-state index contributed by atoms with van der Waals surface area (Å²) in [5.74, 6) is -0.397. The molecule has 32 heavy (non-hydrogen) atoms. The number of rotatable bonds is 8. The van der Waals surface area contributed by atoms with E-state index in [9.17, 15) is 18.0 Å². The molecule has 2 aromatic rings. The van der Waals surface area contributed by atoms with E-state index in [4.69, 9.17) is 0 Å². The van der Waals surface area contributed by atoms with E-state index in [2.05, 4.69) is 9.62 Å². The van der Waals surface area contributed by atoms with Gasteiger partial charge in [0, 0.05) is 50.5 Å². The normalized spacial score (nSPS) is 14.3. The van der Waals surface area contributed by atoms with Gasteiger partial charge in [-0.3, -0.25) is 9.59 Å². The SMILES string of the molecule is CCN(CC)C(=O)c1ccc(S(=O)(=O)NCC(=O)N2CCN(c3ccccc3)CC2)cc1. The maximum atomic E-state index is 12.6. The number of para-hydroxylation sites is 1. The summed E-state index contributed by atoms with van der Waals surface area (Å²) in [6.45, 7) is 7.13. The summed E-state index contributed by atoms with van der Waals surface area (Å²) in [7, 11) is -3.85. The van der Waals surface area contributed by atoms with Gasteiger partial charge in [-0.25, -0.2) is 13.1 Å². The van der Waals surface area contributed by atoms with Gasteiger partial charge < -0.3 is 14.7 Å². The van der Waals surface area contributed by atoms with Gasteiger partial charge in [0.2, 0.25) is 15.9 Å². The first kappa shape index (κ1) is 23.7. The number of nitrogens with zero attached hydrogens (tertiary/aromatic N) is 3. The minimum Gasteiger partial charge on any atom is -0.368 e. The van der Waals surface area contributed by atoms with Crippen LogP contribution in [0.4, 0.5) is 5.69 Å². The molecule has 0 aliphatic carbocycles. The summed E-state index contributed by atoms with van der Waals surface area (Å²) in [5, 5.41) is 0. The topological polar surface area (TPSA) is 90.0 Å². The van der Waals surface area contributed by atoms with E-state index < -0.39 is 10.0 Å². The molecule has 1 N–H and O–H groups in total. The number of carbonyl (C=O) groups excluding carboxylic acids is 2. The van der Waals surface area contributed by atoms with Gasteiger partial charge in [0.15, 0.2) is 0 Å². The number of anilines is 1. The number of sulfonamides is 1. The van der Waals surface area contributed by atoms with Gasteiger partial charge in [0.1, 0.15) is 0 Å². The zero-order valence-corrected chi connectivity index (χ0v) is 19.3. The second kappa shape index (κ2) is 10.6. The summed E-state index contributed by atoms with van der Waals surface area (Å²) in [6.07, 6.45) is 0. The molecule has 0 radical (unpaired) electrons. The molecular formula is C23H30N4O4S. The average Bonchev–Trinajstić information content (AvgIpc) is 2.84. The molecule has 1 aliphatic heterocycles. The van der Waals surface area contributed by atoms with E-state index >= 15 is 0 Å². The first-order valence-electron chi connectivity index (χ1n) is 10.8. The molecule has 0 bridgehead atoms. The van der Waals surface area contributed by atoms with Crippen LogP contribution >= 0.6 is 0 Å². The van der Waals surface area contributed by atoms with Crippen LogP contribution in [0.2, 0.25) is 0 Å². The molecule has 1 saturated heterocycles. The van der Waals surface area contributed by atoms with Crippen molar-refractivity contribution in [3.05, 3.63) is 60.2 Å². The second-order valence-corrected chi connectivity index (χ2v) is 9.30. The van der Waals surface area contributed by atoms with Crippen LogP contribution in [0.5, 0.6) is 0 Å². The highest BCUT2D eigenvalue weighted by Crippen LogP contribution is 2.16. The molecule has 8 nitrogen and oxygen atoms in total. The molecular weight excluding hydrogens is 428 g/mol. The van der Waals surface area contributed by atoms with Gasteiger partial charge in [-0.15, -0.1) is 0 Å². The molecule has 2 amide bonds. The maximum Gasteiger partial charge on any atom is 0.253 e. The van der Waals surface area contributed by atoms with Crippen LogP contribution in [-0.4, -0.2) is 75.8 Å². The Bertz CT molecular complexity index is 1010. The lowest BCUT2D eigenvalue weighted by atomic mass is 10.2. The van der Waals surface area contributed by atoms with Crippen LogP contribution in [0.15, 0.2) is 59.5 Å². The highest BCUT2D eigenvalue weighted by Gasteiger charge is 2.23. The first-order valence-corrected chi connectivity index (χ1v) is 12.3. The van der Waals surface area contributed by atoms with Crippen LogP contribution in [-0.2, 0) is 14.8 Å². The molecule has 0 saturated carbocycles. The molecule has 0 aromatic heterocycles. The lowest BCUT2D eigenvalue weighted by Crippen LogP contribution is -2.51. The van der Waals surface area contributed by atoms with Crippen molar-refractivity contribution in [3.63, 3.8) is 0 Å². The Hall–Kier alpha value is -2.91. The number of amides is 2. The molecule has 1 aliphatic rings. The van der Waals surface area contributed by atoms with Crippen molar-refractivity contribution in [1.82, 2.24) is 14.5 Å². The molecule has 172 valence electrons. The standard InChI is InChI=1S/C23H30N4O4S/c1-3-25(4-2)23(29)19-10-12-21(13-11-19)32(30,31)24-18-22(28)27-16-14-26(15-17-27)20-8-6-5-7-9-20/h5-13,24H,3-4,14-18H2,1-2H3. The van der Waals surface area contributed by atoms with Gasteiger partial charge in [-0.2, -0.15) is 0 Å². The summed E-state index contributed by atoms with van der Waals surface area (Å²) in [4.78, 5) is 30.5. The number of benzene rings is 2.